The predicted molar refractivity (Wildman–Crippen MR) is 82.0 cm³/mol. The van der Waals surface area contributed by atoms with E-state index in [9.17, 15) is 4.79 Å². The monoisotopic (exact) mass is 308 g/mol. The quantitative estimate of drug-likeness (QED) is 0.909. The van der Waals surface area contributed by atoms with Gasteiger partial charge in [0, 0.05) is 18.1 Å². The van der Waals surface area contributed by atoms with Crippen molar-refractivity contribution in [1.29, 1.82) is 0 Å². The van der Waals surface area contributed by atoms with Crippen LogP contribution in [0.3, 0.4) is 0 Å². The second kappa shape index (κ2) is 6.75. The maximum atomic E-state index is 12.1. The molecule has 1 amide bonds. The molecule has 0 saturated carbocycles. The topological polar surface area (TPSA) is 55.1 Å². The first-order valence-electron chi connectivity index (χ1n) is 6.12. The molecular weight excluding hydrogens is 295 g/mol. The van der Waals surface area contributed by atoms with Gasteiger partial charge in [0.2, 0.25) is 0 Å². The minimum Gasteiger partial charge on any atom is -0.348 e. The van der Waals surface area contributed by atoms with Crippen molar-refractivity contribution < 1.29 is 4.79 Å². The first kappa shape index (κ1) is 14.9. The highest BCUT2D eigenvalue weighted by Gasteiger charge is 2.11. The zero-order chi connectivity index (χ0) is 14.5. The minimum atomic E-state index is -0.238. The maximum absolute atomic E-state index is 12.1. The summed E-state index contributed by atoms with van der Waals surface area (Å²) >= 11 is 11.8. The molecule has 0 aliphatic heterocycles. The summed E-state index contributed by atoms with van der Waals surface area (Å²) in [5.74, 6) is -0.238. The Hall–Kier alpha value is -1.55. The number of nitrogens with two attached hydrogens (primary N) is 1. The van der Waals surface area contributed by atoms with Gasteiger partial charge in [-0.15, -0.1) is 0 Å². The SMILES string of the molecule is NCc1ccccc1CNC(=O)c1ccc(Cl)cc1Cl. The number of carbonyl (C=O) groups excluding carboxylic acids is 1. The molecule has 5 heteroatoms. The van der Waals surface area contributed by atoms with Gasteiger partial charge >= 0.3 is 0 Å². The van der Waals surface area contributed by atoms with Crippen LogP contribution in [0.1, 0.15) is 21.5 Å². The lowest BCUT2D eigenvalue weighted by Crippen LogP contribution is -2.24. The highest BCUT2D eigenvalue weighted by Crippen LogP contribution is 2.21. The highest BCUT2D eigenvalue weighted by atomic mass is 35.5. The molecule has 2 aromatic carbocycles. The maximum Gasteiger partial charge on any atom is 0.253 e. The van der Waals surface area contributed by atoms with E-state index < -0.39 is 0 Å². The Kier molecular flexibility index (Phi) is 5.01. The molecule has 0 atom stereocenters. The van der Waals surface area contributed by atoms with Crippen LogP contribution in [0.15, 0.2) is 42.5 Å². The van der Waals surface area contributed by atoms with Gasteiger partial charge in [-0.25, -0.2) is 0 Å². The normalized spacial score (nSPS) is 10.3. The van der Waals surface area contributed by atoms with Crippen molar-refractivity contribution in [3.8, 4) is 0 Å². The Morgan fingerprint density at radius 2 is 1.80 bits per heavy atom. The zero-order valence-electron chi connectivity index (χ0n) is 10.7. The Morgan fingerprint density at radius 3 is 2.45 bits per heavy atom. The van der Waals surface area contributed by atoms with Gasteiger partial charge in [0.25, 0.3) is 5.91 Å². The third-order valence-corrected chi connectivity index (χ3v) is 3.50. The van der Waals surface area contributed by atoms with E-state index in [2.05, 4.69) is 5.32 Å². The number of amides is 1. The smallest absolute Gasteiger partial charge is 0.253 e. The largest absolute Gasteiger partial charge is 0.348 e. The molecule has 0 fully saturated rings. The lowest BCUT2D eigenvalue weighted by molar-refractivity contribution is 0.0951. The number of halogens is 2. The number of hydrogen-bond acceptors (Lipinski definition) is 2. The molecule has 20 heavy (non-hydrogen) atoms. The van der Waals surface area contributed by atoms with Crippen molar-refractivity contribution in [2.75, 3.05) is 0 Å². The third kappa shape index (κ3) is 3.51. The van der Waals surface area contributed by atoms with E-state index in [0.717, 1.165) is 11.1 Å². The molecule has 0 radical (unpaired) electrons. The molecule has 0 aliphatic carbocycles. The summed E-state index contributed by atoms with van der Waals surface area (Å²) in [6, 6.07) is 12.5. The second-order valence-corrected chi connectivity index (χ2v) is 5.12. The molecule has 0 aliphatic rings. The second-order valence-electron chi connectivity index (χ2n) is 4.28. The van der Waals surface area contributed by atoms with Crippen LogP contribution in [0.2, 0.25) is 10.0 Å². The summed E-state index contributed by atoms with van der Waals surface area (Å²) in [5.41, 5.74) is 8.07. The molecule has 0 unspecified atom stereocenters. The number of carbonyl (C=O) groups is 1. The van der Waals surface area contributed by atoms with Gasteiger partial charge in [-0.05, 0) is 29.3 Å². The fraction of sp³-hybridized carbons (Fsp3) is 0.133. The fourth-order valence-corrected chi connectivity index (χ4v) is 2.37. The highest BCUT2D eigenvalue weighted by molar-refractivity contribution is 6.36. The van der Waals surface area contributed by atoms with Crippen LogP contribution in [0.5, 0.6) is 0 Å². The Balaban J connectivity index is 2.09. The van der Waals surface area contributed by atoms with E-state index in [4.69, 9.17) is 28.9 Å². The minimum absolute atomic E-state index is 0.238. The molecule has 104 valence electrons. The van der Waals surface area contributed by atoms with E-state index in [1.807, 2.05) is 24.3 Å². The lowest BCUT2D eigenvalue weighted by atomic mass is 10.1. The average molecular weight is 309 g/mol. The summed E-state index contributed by atoms with van der Waals surface area (Å²) in [6.45, 7) is 0.846. The van der Waals surface area contributed by atoms with Crippen molar-refractivity contribution in [2.24, 2.45) is 5.73 Å². The van der Waals surface area contributed by atoms with Crippen molar-refractivity contribution >= 4 is 29.1 Å². The lowest BCUT2D eigenvalue weighted by Gasteiger charge is -2.10. The summed E-state index contributed by atoms with van der Waals surface area (Å²) < 4.78 is 0. The van der Waals surface area contributed by atoms with Gasteiger partial charge in [0.1, 0.15) is 0 Å². The van der Waals surface area contributed by atoms with Gasteiger partial charge in [-0.2, -0.15) is 0 Å². The van der Waals surface area contributed by atoms with Crippen LogP contribution in [0.25, 0.3) is 0 Å². The summed E-state index contributed by atoms with van der Waals surface area (Å²) in [7, 11) is 0. The molecule has 0 heterocycles. The fourth-order valence-electron chi connectivity index (χ4n) is 1.87. The van der Waals surface area contributed by atoms with Gasteiger partial charge < -0.3 is 11.1 Å². The Morgan fingerprint density at radius 1 is 1.10 bits per heavy atom. The molecule has 0 spiro atoms. The summed E-state index contributed by atoms with van der Waals surface area (Å²) in [6.07, 6.45) is 0. The zero-order valence-corrected chi connectivity index (χ0v) is 12.2. The van der Waals surface area contributed by atoms with Crippen molar-refractivity contribution in [2.45, 2.75) is 13.1 Å². The first-order valence-corrected chi connectivity index (χ1v) is 6.87. The van der Waals surface area contributed by atoms with E-state index in [0.29, 0.717) is 28.7 Å². The van der Waals surface area contributed by atoms with Crippen molar-refractivity contribution in [3.63, 3.8) is 0 Å². The Bertz CT molecular complexity index is 629. The number of benzene rings is 2. The molecular formula is C15H14Cl2N2O. The number of hydrogen-bond donors (Lipinski definition) is 2. The summed E-state index contributed by atoms with van der Waals surface area (Å²) in [5, 5.41) is 3.66. The number of rotatable bonds is 4. The van der Waals surface area contributed by atoms with Gasteiger partial charge in [0.05, 0.1) is 10.6 Å². The molecule has 3 N–H and O–H groups in total. The molecule has 0 saturated heterocycles. The number of nitrogens with one attached hydrogen (secondary N) is 1. The van der Waals surface area contributed by atoms with Crippen molar-refractivity contribution in [3.05, 3.63) is 69.2 Å². The van der Waals surface area contributed by atoms with Crippen LogP contribution in [0.4, 0.5) is 0 Å². The van der Waals surface area contributed by atoms with Crippen LogP contribution in [0, 0.1) is 0 Å². The molecule has 0 aromatic heterocycles. The molecule has 3 nitrogen and oxygen atoms in total. The van der Waals surface area contributed by atoms with Crippen LogP contribution >= 0.6 is 23.2 Å². The first-order chi connectivity index (χ1) is 9.61. The summed E-state index contributed by atoms with van der Waals surface area (Å²) in [4.78, 5) is 12.1. The molecule has 0 bridgehead atoms. The molecule has 2 aromatic rings. The predicted octanol–water partition coefficient (Wildman–Crippen LogP) is 3.38. The third-order valence-electron chi connectivity index (χ3n) is 2.95. The van der Waals surface area contributed by atoms with Gasteiger partial charge in [-0.1, -0.05) is 47.5 Å². The van der Waals surface area contributed by atoms with Crippen LogP contribution in [-0.4, -0.2) is 5.91 Å². The standard InChI is InChI=1S/C15H14Cl2N2O/c16-12-5-6-13(14(17)7-12)15(20)19-9-11-4-2-1-3-10(11)8-18/h1-7H,8-9,18H2,(H,19,20). The van der Waals surface area contributed by atoms with Gasteiger partial charge in [0.15, 0.2) is 0 Å². The average Bonchev–Trinajstić information content (AvgIpc) is 2.45. The van der Waals surface area contributed by atoms with Gasteiger partial charge in [-0.3, -0.25) is 4.79 Å². The van der Waals surface area contributed by atoms with Crippen LogP contribution < -0.4 is 11.1 Å². The van der Waals surface area contributed by atoms with Crippen LogP contribution in [-0.2, 0) is 13.1 Å². The van der Waals surface area contributed by atoms with E-state index >= 15 is 0 Å². The van der Waals surface area contributed by atoms with E-state index in [1.54, 1.807) is 18.2 Å². The molecule has 2 rings (SSSR count). The Labute approximate surface area is 127 Å². The van der Waals surface area contributed by atoms with Crippen molar-refractivity contribution in [1.82, 2.24) is 5.32 Å². The van der Waals surface area contributed by atoms with E-state index in [1.165, 1.54) is 0 Å². The van der Waals surface area contributed by atoms with E-state index in [-0.39, 0.29) is 5.91 Å².